The van der Waals surface area contributed by atoms with E-state index in [4.69, 9.17) is 5.73 Å². The van der Waals surface area contributed by atoms with Gasteiger partial charge in [0.15, 0.2) is 0 Å². The number of benzene rings is 1. The van der Waals surface area contributed by atoms with Gasteiger partial charge in [-0.25, -0.2) is 4.79 Å². The van der Waals surface area contributed by atoms with Gasteiger partial charge in [0.1, 0.15) is 5.60 Å². The Morgan fingerprint density at radius 1 is 1.35 bits per heavy atom. The van der Waals surface area contributed by atoms with Crippen molar-refractivity contribution in [3.63, 3.8) is 0 Å². The first-order valence-electron chi connectivity index (χ1n) is 7.48. The zero-order valence-electron chi connectivity index (χ0n) is 12.6. The zero-order valence-corrected chi connectivity index (χ0v) is 12.6. The molecule has 120 valence electrons. The summed E-state index contributed by atoms with van der Waals surface area (Å²) in [7, 11) is 0. The Morgan fingerprint density at radius 3 is 2.74 bits per heavy atom. The van der Waals surface area contributed by atoms with Gasteiger partial charge in [0, 0.05) is 24.7 Å². The zero-order chi connectivity index (χ0) is 16.4. The Labute approximate surface area is 134 Å². The molecular formula is C17H19N3O3. The van der Waals surface area contributed by atoms with Crippen molar-refractivity contribution in [1.29, 1.82) is 0 Å². The van der Waals surface area contributed by atoms with Gasteiger partial charge in [-0.15, -0.1) is 0 Å². The molecule has 1 aromatic heterocycles. The lowest BCUT2D eigenvalue weighted by atomic mass is 9.83. The number of amides is 1. The van der Waals surface area contributed by atoms with Gasteiger partial charge in [-0.3, -0.25) is 4.98 Å². The van der Waals surface area contributed by atoms with Crippen LogP contribution in [0.15, 0.2) is 48.8 Å². The summed E-state index contributed by atoms with van der Waals surface area (Å²) in [6.45, 7) is 0.269. The smallest absolute Gasteiger partial charge is 0.407 e. The highest BCUT2D eigenvalue weighted by atomic mass is 16.4. The fourth-order valence-electron chi connectivity index (χ4n) is 3.33. The highest BCUT2D eigenvalue weighted by Gasteiger charge is 2.49. The number of carbonyl (C=O) groups is 1. The molecule has 6 nitrogen and oxygen atoms in total. The Kier molecular flexibility index (Phi) is 3.92. The standard InChI is InChI=1S/C17H19N3O3/c18-14-11-19-8-6-13(14)17(23)7-9-20(16(21)22)15(17)10-12-4-2-1-3-5-12/h1-6,8,11,15,23H,7,9-10,18H2,(H,21,22). The van der Waals surface area contributed by atoms with E-state index in [0.717, 1.165) is 5.56 Å². The highest BCUT2D eigenvalue weighted by Crippen LogP contribution is 2.41. The number of rotatable bonds is 3. The van der Waals surface area contributed by atoms with Gasteiger partial charge >= 0.3 is 6.09 Å². The molecule has 0 bridgehead atoms. The maximum atomic E-state index is 11.6. The van der Waals surface area contributed by atoms with Crippen molar-refractivity contribution in [3.8, 4) is 0 Å². The largest absolute Gasteiger partial charge is 0.465 e. The topological polar surface area (TPSA) is 99.7 Å². The minimum absolute atomic E-state index is 0.269. The Bertz CT molecular complexity index is 707. The van der Waals surface area contributed by atoms with Crippen molar-refractivity contribution in [2.75, 3.05) is 12.3 Å². The number of hydrogen-bond donors (Lipinski definition) is 3. The van der Waals surface area contributed by atoms with Crippen molar-refractivity contribution in [3.05, 3.63) is 59.9 Å². The first-order chi connectivity index (χ1) is 11.0. The average Bonchev–Trinajstić information content (AvgIpc) is 2.87. The van der Waals surface area contributed by atoms with Crippen LogP contribution >= 0.6 is 0 Å². The second-order valence-electron chi connectivity index (χ2n) is 5.82. The third-order valence-electron chi connectivity index (χ3n) is 4.50. The van der Waals surface area contributed by atoms with Gasteiger partial charge in [-0.05, 0) is 18.1 Å². The van der Waals surface area contributed by atoms with Crippen LogP contribution in [0, 0.1) is 0 Å². The molecule has 0 aliphatic carbocycles. The number of hydrogen-bond acceptors (Lipinski definition) is 4. The third kappa shape index (κ3) is 2.73. The van der Waals surface area contributed by atoms with E-state index in [2.05, 4.69) is 4.98 Å². The lowest BCUT2D eigenvalue weighted by Crippen LogP contribution is -2.46. The predicted molar refractivity (Wildman–Crippen MR) is 85.8 cm³/mol. The van der Waals surface area contributed by atoms with Crippen LogP contribution in [0.2, 0.25) is 0 Å². The molecule has 4 N–H and O–H groups in total. The van der Waals surface area contributed by atoms with Crippen molar-refractivity contribution < 1.29 is 15.0 Å². The fraction of sp³-hybridized carbons (Fsp3) is 0.294. The third-order valence-corrected chi connectivity index (χ3v) is 4.50. The van der Waals surface area contributed by atoms with E-state index >= 15 is 0 Å². The molecule has 1 fully saturated rings. The maximum Gasteiger partial charge on any atom is 0.407 e. The van der Waals surface area contributed by atoms with Gasteiger partial charge < -0.3 is 20.8 Å². The minimum Gasteiger partial charge on any atom is -0.465 e. The maximum absolute atomic E-state index is 11.6. The Balaban J connectivity index is 2.01. The predicted octanol–water partition coefficient (Wildman–Crippen LogP) is 1.85. The molecule has 6 heteroatoms. The van der Waals surface area contributed by atoms with Gasteiger partial charge in [-0.1, -0.05) is 30.3 Å². The number of carboxylic acid groups (broad SMARTS) is 1. The molecule has 1 aliphatic heterocycles. The number of pyridine rings is 1. The van der Waals surface area contributed by atoms with E-state index in [1.807, 2.05) is 30.3 Å². The average molecular weight is 313 g/mol. The Morgan fingerprint density at radius 2 is 2.09 bits per heavy atom. The van der Waals surface area contributed by atoms with Crippen molar-refractivity contribution in [1.82, 2.24) is 9.88 Å². The highest BCUT2D eigenvalue weighted by molar-refractivity contribution is 5.67. The summed E-state index contributed by atoms with van der Waals surface area (Å²) >= 11 is 0. The van der Waals surface area contributed by atoms with E-state index in [1.165, 1.54) is 11.1 Å². The lowest BCUT2D eigenvalue weighted by molar-refractivity contribution is 0.00190. The van der Waals surface area contributed by atoms with E-state index in [0.29, 0.717) is 24.1 Å². The van der Waals surface area contributed by atoms with Crippen LogP contribution in [0.25, 0.3) is 0 Å². The molecule has 0 spiro atoms. The van der Waals surface area contributed by atoms with Gasteiger partial charge in [0.05, 0.1) is 17.9 Å². The number of anilines is 1. The number of likely N-dealkylation sites (tertiary alicyclic amines) is 1. The molecule has 3 rings (SSSR count). The van der Waals surface area contributed by atoms with Crippen molar-refractivity contribution >= 4 is 11.8 Å². The summed E-state index contributed by atoms with van der Waals surface area (Å²) in [6, 6.07) is 10.6. The number of aliphatic hydroxyl groups is 1. The molecule has 0 radical (unpaired) electrons. The normalized spacial score (nSPS) is 23.9. The van der Waals surface area contributed by atoms with E-state index in [9.17, 15) is 15.0 Å². The van der Waals surface area contributed by atoms with Crippen LogP contribution in [0.5, 0.6) is 0 Å². The molecule has 2 atom stereocenters. The van der Waals surface area contributed by atoms with Crippen molar-refractivity contribution in [2.45, 2.75) is 24.5 Å². The summed E-state index contributed by atoms with van der Waals surface area (Å²) < 4.78 is 0. The molecule has 2 unspecified atom stereocenters. The van der Waals surface area contributed by atoms with Gasteiger partial charge in [0.25, 0.3) is 0 Å². The van der Waals surface area contributed by atoms with E-state index in [-0.39, 0.29) is 6.54 Å². The second-order valence-corrected chi connectivity index (χ2v) is 5.82. The summed E-state index contributed by atoms with van der Waals surface area (Å²) in [5.41, 5.74) is 6.54. The summed E-state index contributed by atoms with van der Waals surface area (Å²) in [4.78, 5) is 16.8. The summed E-state index contributed by atoms with van der Waals surface area (Å²) in [5.74, 6) is 0. The molecule has 1 saturated heterocycles. The summed E-state index contributed by atoms with van der Waals surface area (Å²) in [6.07, 6.45) is 2.74. The van der Waals surface area contributed by atoms with E-state index < -0.39 is 17.7 Å². The quantitative estimate of drug-likeness (QED) is 0.803. The van der Waals surface area contributed by atoms with Crippen LogP contribution in [0.1, 0.15) is 17.5 Å². The Hall–Kier alpha value is -2.60. The van der Waals surface area contributed by atoms with Gasteiger partial charge in [-0.2, -0.15) is 0 Å². The van der Waals surface area contributed by atoms with Crippen LogP contribution in [-0.4, -0.2) is 38.8 Å². The molecular weight excluding hydrogens is 294 g/mol. The lowest BCUT2D eigenvalue weighted by Gasteiger charge is -2.34. The fourth-order valence-corrected chi connectivity index (χ4v) is 3.33. The molecule has 2 heterocycles. The molecule has 1 aliphatic rings. The molecule has 2 aromatic rings. The van der Waals surface area contributed by atoms with Crippen LogP contribution in [-0.2, 0) is 12.0 Å². The number of aromatic nitrogens is 1. The molecule has 0 saturated carbocycles. The van der Waals surface area contributed by atoms with E-state index in [1.54, 1.807) is 12.3 Å². The van der Waals surface area contributed by atoms with Crippen LogP contribution < -0.4 is 5.73 Å². The van der Waals surface area contributed by atoms with Crippen molar-refractivity contribution in [2.24, 2.45) is 0 Å². The van der Waals surface area contributed by atoms with Crippen LogP contribution in [0.4, 0.5) is 10.5 Å². The number of nitrogens with zero attached hydrogens (tertiary/aromatic N) is 2. The van der Waals surface area contributed by atoms with Crippen LogP contribution in [0.3, 0.4) is 0 Å². The SMILES string of the molecule is Nc1cnccc1C1(O)CCN(C(=O)O)C1Cc1ccccc1. The molecule has 1 aromatic carbocycles. The molecule has 23 heavy (non-hydrogen) atoms. The number of nitrogen functional groups attached to an aromatic ring is 1. The first-order valence-corrected chi connectivity index (χ1v) is 7.48. The first kappa shape index (κ1) is 15.3. The minimum atomic E-state index is -1.32. The molecule has 1 amide bonds. The monoisotopic (exact) mass is 313 g/mol. The second kappa shape index (κ2) is 5.89. The number of nitrogens with two attached hydrogens (primary N) is 1. The summed E-state index contributed by atoms with van der Waals surface area (Å²) in [5, 5.41) is 20.8. The van der Waals surface area contributed by atoms with Gasteiger partial charge in [0.2, 0.25) is 0 Å².